The first-order valence-corrected chi connectivity index (χ1v) is 7.27. The maximum absolute atomic E-state index is 12.7. The highest BCUT2D eigenvalue weighted by molar-refractivity contribution is 5.85. The van der Waals surface area contributed by atoms with Gasteiger partial charge in [-0.25, -0.2) is 0 Å². The first-order chi connectivity index (χ1) is 8.72. The van der Waals surface area contributed by atoms with Crippen LogP contribution < -0.4 is 5.32 Å². The quantitative estimate of drug-likeness (QED) is 0.828. The second kappa shape index (κ2) is 6.02. The monoisotopic (exact) mass is 254 g/mol. The maximum Gasteiger partial charge on any atom is 0.254 e. The fourth-order valence-corrected chi connectivity index (χ4v) is 3.21. The van der Waals surface area contributed by atoms with Gasteiger partial charge in [-0.15, -0.1) is 0 Å². The largest absolute Gasteiger partial charge is 0.368 e. The van der Waals surface area contributed by atoms with Crippen molar-refractivity contribution in [3.63, 3.8) is 0 Å². The van der Waals surface area contributed by atoms with Gasteiger partial charge in [0.15, 0.2) is 0 Å². The predicted molar refractivity (Wildman–Crippen MR) is 71.4 cm³/mol. The summed E-state index contributed by atoms with van der Waals surface area (Å²) in [7, 11) is 1.68. The molecule has 104 valence electrons. The molecule has 1 N–H and O–H groups in total. The van der Waals surface area contributed by atoms with E-state index in [1.54, 1.807) is 7.11 Å². The van der Waals surface area contributed by atoms with Crippen LogP contribution in [0, 0.1) is 5.92 Å². The zero-order valence-electron chi connectivity index (χ0n) is 11.7. The number of piperidine rings is 2. The summed E-state index contributed by atoms with van der Waals surface area (Å²) in [6.45, 7) is 5.81. The Bertz CT molecular complexity index is 288. The number of nitrogens with one attached hydrogen (secondary N) is 1. The summed E-state index contributed by atoms with van der Waals surface area (Å²) in [4.78, 5) is 14.8. The number of ether oxygens (including phenoxy) is 1. The van der Waals surface area contributed by atoms with E-state index < -0.39 is 5.60 Å². The van der Waals surface area contributed by atoms with E-state index in [0.717, 1.165) is 45.4 Å². The van der Waals surface area contributed by atoms with E-state index >= 15 is 0 Å². The van der Waals surface area contributed by atoms with Crippen LogP contribution in [0.2, 0.25) is 0 Å². The number of rotatable bonds is 3. The number of nitrogens with zero attached hydrogens (tertiary/aromatic N) is 1. The lowest BCUT2D eigenvalue weighted by atomic mass is 9.88. The fourth-order valence-electron chi connectivity index (χ4n) is 3.21. The Morgan fingerprint density at radius 1 is 1.44 bits per heavy atom. The van der Waals surface area contributed by atoms with Crippen molar-refractivity contribution in [2.45, 2.75) is 44.6 Å². The van der Waals surface area contributed by atoms with E-state index in [2.05, 4.69) is 12.2 Å². The molecule has 0 bridgehead atoms. The number of amides is 1. The number of carbonyl (C=O) groups is 1. The van der Waals surface area contributed by atoms with E-state index in [0.29, 0.717) is 5.92 Å². The zero-order chi connectivity index (χ0) is 13.0. The molecule has 2 fully saturated rings. The van der Waals surface area contributed by atoms with Gasteiger partial charge in [-0.1, -0.05) is 13.3 Å². The highest BCUT2D eigenvalue weighted by atomic mass is 16.5. The Labute approximate surface area is 110 Å². The van der Waals surface area contributed by atoms with Crippen molar-refractivity contribution in [2.24, 2.45) is 5.92 Å². The van der Waals surface area contributed by atoms with Crippen LogP contribution in [0.15, 0.2) is 0 Å². The minimum absolute atomic E-state index is 0.227. The summed E-state index contributed by atoms with van der Waals surface area (Å²) in [5.74, 6) is 0.906. The molecule has 2 rings (SSSR count). The van der Waals surface area contributed by atoms with Crippen molar-refractivity contribution >= 4 is 5.91 Å². The van der Waals surface area contributed by atoms with E-state index in [4.69, 9.17) is 4.74 Å². The van der Waals surface area contributed by atoms with Crippen LogP contribution in [-0.4, -0.2) is 49.7 Å². The smallest absolute Gasteiger partial charge is 0.254 e. The van der Waals surface area contributed by atoms with Crippen LogP contribution >= 0.6 is 0 Å². The average Bonchev–Trinajstić information content (AvgIpc) is 2.47. The Morgan fingerprint density at radius 3 is 2.78 bits per heavy atom. The van der Waals surface area contributed by atoms with Gasteiger partial charge in [0.05, 0.1) is 0 Å². The second-order valence-corrected chi connectivity index (χ2v) is 5.62. The van der Waals surface area contributed by atoms with Crippen molar-refractivity contribution < 1.29 is 9.53 Å². The van der Waals surface area contributed by atoms with E-state index in [1.165, 1.54) is 12.8 Å². The molecule has 0 aromatic rings. The van der Waals surface area contributed by atoms with Crippen LogP contribution in [0.5, 0.6) is 0 Å². The van der Waals surface area contributed by atoms with Gasteiger partial charge in [-0.2, -0.15) is 0 Å². The van der Waals surface area contributed by atoms with Gasteiger partial charge in [-0.3, -0.25) is 4.79 Å². The van der Waals surface area contributed by atoms with Crippen molar-refractivity contribution in [3.8, 4) is 0 Å². The molecule has 2 aliphatic rings. The Hall–Kier alpha value is -0.610. The lowest BCUT2D eigenvalue weighted by Gasteiger charge is -2.41. The van der Waals surface area contributed by atoms with E-state index in [9.17, 15) is 4.79 Å². The molecule has 18 heavy (non-hydrogen) atoms. The SMILES string of the molecule is CCC1CCCN(C(=O)C2(OC)CCNCC2)C1. The topological polar surface area (TPSA) is 41.6 Å². The number of methoxy groups -OCH3 is 1. The minimum atomic E-state index is -0.555. The molecule has 4 nitrogen and oxygen atoms in total. The van der Waals surface area contributed by atoms with E-state index in [1.807, 2.05) is 4.90 Å². The molecule has 1 amide bonds. The molecule has 0 spiro atoms. The molecule has 0 radical (unpaired) electrons. The lowest BCUT2D eigenvalue weighted by molar-refractivity contribution is -0.160. The highest BCUT2D eigenvalue weighted by Gasteiger charge is 2.43. The zero-order valence-corrected chi connectivity index (χ0v) is 11.7. The third-order valence-corrected chi connectivity index (χ3v) is 4.58. The summed E-state index contributed by atoms with van der Waals surface area (Å²) in [6.07, 6.45) is 5.18. The molecule has 0 aliphatic carbocycles. The summed E-state index contributed by atoms with van der Waals surface area (Å²) in [5, 5.41) is 3.30. The standard InChI is InChI=1S/C14H26N2O2/c1-3-12-5-4-10-16(11-12)13(17)14(18-2)6-8-15-9-7-14/h12,15H,3-11H2,1-2H3. The Balaban J connectivity index is 2.04. The van der Waals surface area contributed by atoms with Crippen molar-refractivity contribution in [2.75, 3.05) is 33.3 Å². The van der Waals surface area contributed by atoms with Gasteiger partial charge >= 0.3 is 0 Å². The third kappa shape index (κ3) is 2.69. The molecule has 2 aliphatic heterocycles. The normalized spacial score (nSPS) is 28.1. The molecule has 2 heterocycles. The maximum atomic E-state index is 12.7. The van der Waals surface area contributed by atoms with Crippen molar-refractivity contribution in [1.82, 2.24) is 10.2 Å². The first-order valence-electron chi connectivity index (χ1n) is 7.27. The van der Waals surface area contributed by atoms with Gasteiger partial charge in [0.1, 0.15) is 5.60 Å². The van der Waals surface area contributed by atoms with Crippen molar-refractivity contribution in [3.05, 3.63) is 0 Å². The summed E-state index contributed by atoms with van der Waals surface area (Å²) in [6, 6.07) is 0. The molecule has 1 unspecified atom stereocenters. The van der Waals surface area contributed by atoms with Gasteiger partial charge in [-0.05, 0) is 44.7 Å². The van der Waals surface area contributed by atoms with Crippen LogP contribution in [-0.2, 0) is 9.53 Å². The second-order valence-electron chi connectivity index (χ2n) is 5.62. The molecule has 0 aromatic carbocycles. The predicted octanol–water partition coefficient (Wildman–Crippen LogP) is 1.40. The Morgan fingerprint density at radius 2 is 2.17 bits per heavy atom. The molecular formula is C14H26N2O2. The molecule has 0 saturated carbocycles. The summed E-state index contributed by atoms with van der Waals surface area (Å²) >= 11 is 0. The first kappa shape index (κ1) is 13.8. The Kier molecular flexibility index (Phi) is 4.62. The molecule has 2 saturated heterocycles. The number of hydrogen-bond acceptors (Lipinski definition) is 3. The molecule has 1 atom stereocenters. The average molecular weight is 254 g/mol. The van der Waals surface area contributed by atoms with Crippen molar-refractivity contribution in [1.29, 1.82) is 0 Å². The number of carbonyl (C=O) groups excluding carboxylic acids is 1. The molecule has 4 heteroatoms. The minimum Gasteiger partial charge on any atom is -0.368 e. The fraction of sp³-hybridized carbons (Fsp3) is 0.929. The summed E-state index contributed by atoms with van der Waals surface area (Å²) < 4.78 is 5.63. The van der Waals surface area contributed by atoms with Crippen LogP contribution in [0.3, 0.4) is 0 Å². The highest BCUT2D eigenvalue weighted by Crippen LogP contribution is 2.28. The van der Waals surface area contributed by atoms with Gasteiger partial charge in [0.2, 0.25) is 0 Å². The van der Waals surface area contributed by atoms with Gasteiger partial charge in [0.25, 0.3) is 5.91 Å². The van der Waals surface area contributed by atoms with E-state index in [-0.39, 0.29) is 5.91 Å². The number of likely N-dealkylation sites (tertiary alicyclic amines) is 1. The van der Waals surface area contributed by atoms with Crippen LogP contribution in [0.4, 0.5) is 0 Å². The lowest BCUT2D eigenvalue weighted by Crippen LogP contribution is -2.57. The molecular weight excluding hydrogens is 228 g/mol. The van der Waals surface area contributed by atoms with Crippen LogP contribution in [0.25, 0.3) is 0 Å². The van der Waals surface area contributed by atoms with Gasteiger partial charge in [0, 0.05) is 20.2 Å². The summed E-state index contributed by atoms with van der Waals surface area (Å²) in [5.41, 5.74) is -0.555. The van der Waals surface area contributed by atoms with Gasteiger partial charge < -0.3 is 15.0 Å². The van der Waals surface area contributed by atoms with Crippen LogP contribution in [0.1, 0.15) is 39.0 Å². The third-order valence-electron chi connectivity index (χ3n) is 4.58. The molecule has 0 aromatic heterocycles. The number of hydrogen-bond donors (Lipinski definition) is 1.